The topological polar surface area (TPSA) is 0 Å². The van der Waals surface area contributed by atoms with Gasteiger partial charge in [-0.15, -0.1) is 0 Å². The molecule has 0 saturated carbocycles. The van der Waals surface area contributed by atoms with Gasteiger partial charge in [-0.2, -0.15) is 0 Å². The predicted molar refractivity (Wildman–Crippen MR) is 80.7 cm³/mol. The van der Waals surface area contributed by atoms with Crippen LogP contribution < -0.4 is 0 Å². The van der Waals surface area contributed by atoms with Gasteiger partial charge in [-0.3, -0.25) is 0 Å². The average Bonchev–Trinajstić information content (AvgIpc) is 2.41. The first-order chi connectivity index (χ1) is 9.10. The van der Waals surface area contributed by atoms with Crippen LogP contribution in [0.1, 0.15) is 17.0 Å². The van der Waals surface area contributed by atoms with E-state index in [1.165, 1.54) is 12.1 Å². The van der Waals surface area contributed by atoms with Crippen molar-refractivity contribution in [3.05, 3.63) is 69.7 Å². The number of benzene rings is 2. The van der Waals surface area contributed by atoms with Crippen molar-refractivity contribution in [3.8, 4) is 0 Å². The van der Waals surface area contributed by atoms with Crippen molar-refractivity contribution in [3.63, 3.8) is 0 Å². The summed E-state index contributed by atoms with van der Waals surface area (Å²) < 4.78 is 27.8. The maximum atomic E-state index is 13.7. The van der Waals surface area contributed by atoms with Crippen LogP contribution in [-0.4, -0.2) is 5.33 Å². The van der Waals surface area contributed by atoms with Crippen LogP contribution in [0.3, 0.4) is 0 Å². The molecule has 1 atom stereocenters. The van der Waals surface area contributed by atoms with Crippen LogP contribution in [0, 0.1) is 11.6 Å². The third kappa shape index (κ3) is 3.86. The summed E-state index contributed by atoms with van der Waals surface area (Å²) in [5.41, 5.74) is 1.51. The van der Waals surface area contributed by atoms with Crippen molar-refractivity contribution in [2.24, 2.45) is 0 Å². The summed E-state index contributed by atoms with van der Waals surface area (Å²) >= 11 is 6.83. The molecule has 0 aliphatic rings. The van der Waals surface area contributed by atoms with Crippen LogP contribution in [0.4, 0.5) is 8.78 Å². The van der Waals surface area contributed by atoms with Gasteiger partial charge >= 0.3 is 0 Å². The number of halogens is 4. The molecule has 2 aromatic rings. The van der Waals surface area contributed by atoms with Gasteiger partial charge in [-0.1, -0.05) is 44.0 Å². The molecule has 100 valence electrons. The van der Waals surface area contributed by atoms with Gasteiger partial charge in [-0.05, 0) is 53.8 Å². The van der Waals surface area contributed by atoms with Crippen molar-refractivity contribution < 1.29 is 8.78 Å². The Hall–Kier alpha value is -0.740. The zero-order valence-corrected chi connectivity index (χ0v) is 13.2. The number of hydrogen-bond acceptors (Lipinski definition) is 0. The molecule has 0 aliphatic carbocycles. The Morgan fingerprint density at radius 2 is 1.68 bits per heavy atom. The van der Waals surface area contributed by atoms with E-state index >= 15 is 0 Å². The van der Waals surface area contributed by atoms with Gasteiger partial charge < -0.3 is 0 Å². The van der Waals surface area contributed by atoms with Crippen LogP contribution in [-0.2, 0) is 6.42 Å². The molecule has 0 nitrogen and oxygen atoms in total. The summed E-state index contributed by atoms with van der Waals surface area (Å²) in [6.45, 7) is 0. The molecule has 1 unspecified atom stereocenters. The first kappa shape index (κ1) is 14.7. The number of rotatable bonds is 4. The lowest BCUT2D eigenvalue weighted by Gasteiger charge is -2.15. The van der Waals surface area contributed by atoms with Crippen LogP contribution >= 0.6 is 31.9 Å². The quantitative estimate of drug-likeness (QED) is 0.610. The third-order valence-corrected chi connectivity index (χ3v) is 4.31. The Bertz CT molecular complexity index is 553. The van der Waals surface area contributed by atoms with Crippen LogP contribution in [0.25, 0.3) is 0 Å². The van der Waals surface area contributed by atoms with E-state index in [-0.39, 0.29) is 11.7 Å². The Labute approximate surface area is 128 Å². The Kier molecular flexibility index (Phi) is 5.11. The van der Waals surface area contributed by atoms with E-state index in [0.717, 1.165) is 16.1 Å². The van der Waals surface area contributed by atoms with Gasteiger partial charge in [0.05, 0.1) is 0 Å². The summed E-state index contributed by atoms with van der Waals surface area (Å²) in [5, 5.41) is 0.699. The lowest BCUT2D eigenvalue weighted by Crippen LogP contribution is -2.06. The lowest BCUT2D eigenvalue weighted by atomic mass is 9.93. The minimum atomic E-state index is -0.402. The monoisotopic (exact) mass is 388 g/mol. The van der Waals surface area contributed by atoms with Gasteiger partial charge in [0.1, 0.15) is 11.6 Å². The summed E-state index contributed by atoms with van der Waals surface area (Å²) in [5.74, 6) is -0.644. The molecule has 2 rings (SSSR count). The second kappa shape index (κ2) is 6.62. The van der Waals surface area contributed by atoms with E-state index in [0.29, 0.717) is 17.3 Å². The molecule has 0 bridgehead atoms. The van der Waals surface area contributed by atoms with E-state index in [9.17, 15) is 8.78 Å². The van der Waals surface area contributed by atoms with Gasteiger partial charge in [0.2, 0.25) is 0 Å². The highest BCUT2D eigenvalue weighted by Crippen LogP contribution is 2.26. The van der Waals surface area contributed by atoms with Gasteiger partial charge in [0, 0.05) is 9.80 Å². The first-order valence-electron chi connectivity index (χ1n) is 5.85. The fourth-order valence-corrected chi connectivity index (χ4v) is 2.83. The summed E-state index contributed by atoms with van der Waals surface area (Å²) in [7, 11) is 0. The predicted octanol–water partition coefficient (Wildman–Crippen LogP) is 5.45. The zero-order valence-electron chi connectivity index (χ0n) is 10.0. The fraction of sp³-hybridized carbons (Fsp3) is 0.200. The normalized spacial score (nSPS) is 12.4. The minimum Gasteiger partial charge on any atom is -0.207 e. The highest BCUT2D eigenvalue weighted by Gasteiger charge is 2.14. The van der Waals surface area contributed by atoms with E-state index in [2.05, 4.69) is 31.9 Å². The van der Waals surface area contributed by atoms with Gasteiger partial charge in [-0.25, -0.2) is 8.78 Å². The molecular formula is C15H12Br2F2. The highest BCUT2D eigenvalue weighted by molar-refractivity contribution is 9.10. The van der Waals surface area contributed by atoms with Crippen LogP contribution in [0.2, 0.25) is 0 Å². The summed E-state index contributed by atoms with van der Waals surface area (Å²) in [6.07, 6.45) is 0.469. The Morgan fingerprint density at radius 3 is 2.32 bits per heavy atom. The standard InChI is InChI=1S/C15H12Br2F2/c16-9-12(10-1-3-13(17)4-2-10)7-11-8-14(18)5-6-15(11)19/h1-6,8,12H,7,9H2. The Balaban J connectivity index is 2.23. The maximum Gasteiger partial charge on any atom is 0.126 e. The van der Waals surface area contributed by atoms with E-state index in [1.807, 2.05) is 24.3 Å². The molecule has 0 aliphatic heterocycles. The van der Waals surface area contributed by atoms with E-state index in [1.54, 1.807) is 0 Å². The molecule has 4 heteroatoms. The van der Waals surface area contributed by atoms with Crippen molar-refractivity contribution in [2.45, 2.75) is 12.3 Å². The van der Waals surface area contributed by atoms with Crippen molar-refractivity contribution in [1.82, 2.24) is 0 Å². The average molecular weight is 390 g/mol. The first-order valence-corrected chi connectivity index (χ1v) is 7.77. The largest absolute Gasteiger partial charge is 0.207 e. The lowest BCUT2D eigenvalue weighted by molar-refractivity contribution is 0.577. The van der Waals surface area contributed by atoms with Gasteiger partial charge in [0.15, 0.2) is 0 Å². The number of hydrogen-bond donors (Lipinski definition) is 0. The SMILES string of the molecule is Fc1ccc(F)c(CC(CBr)c2ccc(Br)cc2)c1. The van der Waals surface area contributed by atoms with Crippen LogP contribution in [0.15, 0.2) is 46.9 Å². The molecule has 0 fully saturated rings. The smallest absolute Gasteiger partial charge is 0.126 e. The molecular weight excluding hydrogens is 378 g/mol. The maximum absolute atomic E-state index is 13.7. The molecule has 19 heavy (non-hydrogen) atoms. The molecule has 0 saturated heterocycles. The molecule has 0 amide bonds. The molecule has 0 N–H and O–H groups in total. The minimum absolute atomic E-state index is 0.115. The zero-order chi connectivity index (χ0) is 13.8. The summed E-state index contributed by atoms with van der Waals surface area (Å²) in [6, 6.07) is 11.5. The molecule has 2 aromatic carbocycles. The van der Waals surface area contributed by atoms with E-state index in [4.69, 9.17) is 0 Å². The Morgan fingerprint density at radius 1 is 1.00 bits per heavy atom. The fourth-order valence-electron chi connectivity index (χ4n) is 1.96. The molecule has 0 spiro atoms. The number of alkyl halides is 1. The van der Waals surface area contributed by atoms with Gasteiger partial charge in [0.25, 0.3) is 0 Å². The van der Waals surface area contributed by atoms with Crippen molar-refractivity contribution in [1.29, 1.82) is 0 Å². The van der Waals surface area contributed by atoms with Crippen molar-refractivity contribution in [2.75, 3.05) is 5.33 Å². The molecule has 0 radical (unpaired) electrons. The third-order valence-electron chi connectivity index (χ3n) is 3.00. The highest BCUT2D eigenvalue weighted by atomic mass is 79.9. The molecule has 0 aromatic heterocycles. The van der Waals surface area contributed by atoms with Crippen LogP contribution in [0.5, 0.6) is 0 Å². The van der Waals surface area contributed by atoms with Crippen molar-refractivity contribution >= 4 is 31.9 Å². The second-order valence-electron chi connectivity index (χ2n) is 4.34. The second-order valence-corrected chi connectivity index (χ2v) is 5.91. The molecule has 0 heterocycles. The van der Waals surface area contributed by atoms with E-state index < -0.39 is 5.82 Å². The summed E-state index contributed by atoms with van der Waals surface area (Å²) in [4.78, 5) is 0.